The average molecular weight is 660 g/mol. The van der Waals surface area contributed by atoms with E-state index in [0.29, 0.717) is 39.7 Å². The molecule has 0 bridgehead atoms. The lowest BCUT2D eigenvalue weighted by Gasteiger charge is -2.22. The highest BCUT2D eigenvalue weighted by molar-refractivity contribution is 5.99. The third-order valence-corrected chi connectivity index (χ3v) is 7.85. The lowest BCUT2D eigenvalue weighted by atomic mass is 9.93. The predicted molar refractivity (Wildman–Crippen MR) is 169 cm³/mol. The minimum atomic E-state index is -4.67. The molecular formula is C33H34F5N5O4. The second-order valence-corrected chi connectivity index (χ2v) is 11.2. The molecule has 0 fully saturated rings. The largest absolute Gasteiger partial charge is 0.467 e. The Morgan fingerprint density at radius 1 is 1.11 bits per heavy atom. The molecule has 14 heteroatoms. The molecule has 2 atom stereocenters. The highest BCUT2D eigenvalue weighted by Gasteiger charge is 2.38. The Morgan fingerprint density at radius 3 is 2.34 bits per heavy atom. The third kappa shape index (κ3) is 7.21. The topological polar surface area (TPSA) is 106 Å². The quantitative estimate of drug-likeness (QED) is 0.171. The summed E-state index contributed by atoms with van der Waals surface area (Å²) >= 11 is 0. The van der Waals surface area contributed by atoms with Gasteiger partial charge in [-0.15, -0.1) is 0 Å². The van der Waals surface area contributed by atoms with Crippen LogP contribution in [0.4, 0.5) is 33.3 Å². The molecule has 0 saturated carbocycles. The molecule has 0 saturated heterocycles. The zero-order valence-corrected chi connectivity index (χ0v) is 26.6. The summed E-state index contributed by atoms with van der Waals surface area (Å²) in [5.41, 5.74) is 1.62. The molecule has 4 aromatic rings. The highest BCUT2D eigenvalue weighted by Crippen LogP contribution is 2.33. The molecule has 1 amide bonds. The van der Waals surface area contributed by atoms with Gasteiger partial charge in [0.05, 0.1) is 23.9 Å². The number of nitrogens with one attached hydrogen (secondary N) is 2. The van der Waals surface area contributed by atoms with E-state index in [9.17, 15) is 36.3 Å². The van der Waals surface area contributed by atoms with Crippen LogP contribution in [0.3, 0.4) is 0 Å². The molecule has 250 valence electrons. The Labute approximate surface area is 267 Å². The molecule has 2 N–H and O–H groups in total. The van der Waals surface area contributed by atoms with E-state index in [0.717, 1.165) is 18.4 Å². The maximum atomic E-state index is 15.0. The molecule has 0 radical (unpaired) electrons. The number of carbonyl (C=O) groups is 2. The molecule has 4 rings (SSSR count). The van der Waals surface area contributed by atoms with Crippen LogP contribution < -0.4 is 21.1 Å². The second kappa shape index (κ2) is 13.8. The average Bonchev–Trinajstić information content (AvgIpc) is 3.00. The van der Waals surface area contributed by atoms with E-state index >= 15 is 0 Å². The van der Waals surface area contributed by atoms with Crippen molar-refractivity contribution >= 4 is 34.2 Å². The SMILES string of the molecule is CC[C@@H](Nc1cc(F)c(C(=O)N[C@@H](Cc2ccc(-c3c(C)c(N(C)C)cn(C)c3=O)c3ncccc23)C(=O)OC)c(F)c1)C(F)(F)F. The molecule has 0 spiro atoms. The van der Waals surface area contributed by atoms with E-state index in [1.54, 1.807) is 43.7 Å². The summed E-state index contributed by atoms with van der Waals surface area (Å²) in [6.45, 7) is 3.08. The number of benzene rings is 2. The summed E-state index contributed by atoms with van der Waals surface area (Å²) in [5, 5.41) is 4.87. The molecule has 0 aliphatic heterocycles. The molecule has 2 aromatic heterocycles. The van der Waals surface area contributed by atoms with Crippen LogP contribution in [-0.2, 0) is 23.0 Å². The van der Waals surface area contributed by atoms with Crippen LogP contribution in [0.2, 0.25) is 0 Å². The van der Waals surface area contributed by atoms with Crippen molar-refractivity contribution in [1.82, 2.24) is 14.9 Å². The lowest BCUT2D eigenvalue weighted by molar-refractivity contribution is -0.143. The number of alkyl halides is 3. The fourth-order valence-corrected chi connectivity index (χ4v) is 5.46. The summed E-state index contributed by atoms with van der Waals surface area (Å²) < 4.78 is 75.8. The number of fused-ring (bicyclic) bond motifs is 1. The van der Waals surface area contributed by atoms with Gasteiger partial charge in [0, 0.05) is 56.6 Å². The standard InChI is InChI=1S/C33H34F5N5O4/c1-7-26(33(36,37)38)40-19-14-22(34)28(23(35)15-19)30(44)41-24(32(46)47-6)13-18-10-11-21(29-20(18)9-8-12-39-29)27-17(2)25(42(3)4)16-43(5)31(27)45/h8-12,14-16,24,26,40H,7,13H2,1-6H3,(H,41,44)/t24-,26+/m0/s1. The van der Waals surface area contributed by atoms with Crippen molar-refractivity contribution in [1.29, 1.82) is 0 Å². The number of ether oxygens (including phenoxy) is 1. The van der Waals surface area contributed by atoms with Crippen LogP contribution in [0, 0.1) is 18.6 Å². The summed E-state index contributed by atoms with van der Waals surface area (Å²) in [6, 6.07) is 4.38. The Balaban J connectivity index is 1.70. The van der Waals surface area contributed by atoms with Gasteiger partial charge < -0.3 is 24.8 Å². The highest BCUT2D eigenvalue weighted by atomic mass is 19.4. The van der Waals surface area contributed by atoms with Gasteiger partial charge in [0.1, 0.15) is 29.3 Å². The fourth-order valence-electron chi connectivity index (χ4n) is 5.46. The normalized spacial score (nSPS) is 12.8. The molecule has 0 aliphatic rings. The van der Waals surface area contributed by atoms with Crippen molar-refractivity contribution in [2.24, 2.45) is 7.05 Å². The first kappa shape index (κ1) is 34.9. The van der Waals surface area contributed by atoms with Crippen molar-refractivity contribution in [2.45, 2.75) is 44.9 Å². The number of esters is 1. The minimum absolute atomic E-state index is 0.192. The minimum Gasteiger partial charge on any atom is -0.467 e. The first-order valence-corrected chi connectivity index (χ1v) is 14.5. The zero-order valence-electron chi connectivity index (χ0n) is 26.6. The van der Waals surface area contributed by atoms with Gasteiger partial charge in [-0.05, 0) is 42.7 Å². The van der Waals surface area contributed by atoms with Gasteiger partial charge in [-0.1, -0.05) is 25.1 Å². The number of nitrogens with zero attached hydrogens (tertiary/aromatic N) is 3. The number of amides is 1. The van der Waals surface area contributed by atoms with E-state index < -0.39 is 59.4 Å². The van der Waals surface area contributed by atoms with Crippen molar-refractivity contribution in [2.75, 3.05) is 31.4 Å². The Bertz CT molecular complexity index is 1870. The number of hydrogen-bond donors (Lipinski definition) is 2. The number of rotatable bonds is 10. The molecule has 47 heavy (non-hydrogen) atoms. The zero-order chi connectivity index (χ0) is 34.8. The number of carbonyl (C=O) groups excluding carboxylic acids is 2. The van der Waals surface area contributed by atoms with Crippen LogP contribution in [0.5, 0.6) is 0 Å². The van der Waals surface area contributed by atoms with Gasteiger partial charge in [0.25, 0.3) is 11.5 Å². The predicted octanol–water partition coefficient (Wildman–Crippen LogP) is 5.52. The monoisotopic (exact) mass is 659 g/mol. The maximum absolute atomic E-state index is 15.0. The van der Waals surface area contributed by atoms with Crippen LogP contribution in [0.15, 0.2) is 53.6 Å². The van der Waals surface area contributed by atoms with Crippen molar-refractivity contribution in [3.8, 4) is 11.1 Å². The first-order valence-electron chi connectivity index (χ1n) is 14.5. The molecular weight excluding hydrogens is 625 g/mol. The number of methoxy groups -OCH3 is 1. The van der Waals surface area contributed by atoms with Gasteiger partial charge in [-0.2, -0.15) is 13.2 Å². The van der Waals surface area contributed by atoms with Gasteiger partial charge >= 0.3 is 12.1 Å². The van der Waals surface area contributed by atoms with Crippen LogP contribution in [0.25, 0.3) is 22.0 Å². The molecule has 2 aromatic carbocycles. The Hall–Kier alpha value is -5.01. The van der Waals surface area contributed by atoms with E-state index in [2.05, 4.69) is 10.3 Å². The summed E-state index contributed by atoms with van der Waals surface area (Å²) in [6.07, 6.45) is -1.99. The molecule has 0 aliphatic carbocycles. The van der Waals surface area contributed by atoms with Crippen LogP contribution in [-0.4, -0.2) is 60.9 Å². The number of hydrogen-bond acceptors (Lipinski definition) is 7. The summed E-state index contributed by atoms with van der Waals surface area (Å²) in [4.78, 5) is 45.6. The van der Waals surface area contributed by atoms with E-state index in [4.69, 9.17) is 4.74 Å². The van der Waals surface area contributed by atoms with E-state index in [1.165, 1.54) is 11.5 Å². The molecule has 9 nitrogen and oxygen atoms in total. The Morgan fingerprint density at radius 2 is 1.77 bits per heavy atom. The van der Waals surface area contributed by atoms with Crippen LogP contribution in [0.1, 0.15) is 34.8 Å². The third-order valence-electron chi connectivity index (χ3n) is 7.85. The second-order valence-electron chi connectivity index (χ2n) is 11.2. The lowest BCUT2D eigenvalue weighted by Crippen LogP contribution is -2.43. The smallest absolute Gasteiger partial charge is 0.408 e. The maximum Gasteiger partial charge on any atom is 0.408 e. The number of aromatic nitrogens is 2. The summed E-state index contributed by atoms with van der Waals surface area (Å²) in [7, 11) is 6.44. The van der Waals surface area contributed by atoms with Crippen LogP contribution >= 0.6 is 0 Å². The van der Waals surface area contributed by atoms with Gasteiger partial charge in [-0.25, -0.2) is 13.6 Å². The Kier molecular flexibility index (Phi) is 10.2. The molecule has 0 unspecified atom stereocenters. The van der Waals surface area contributed by atoms with Crippen molar-refractivity contribution in [3.05, 3.63) is 87.5 Å². The summed E-state index contributed by atoms with van der Waals surface area (Å²) in [5.74, 6) is -5.09. The number of anilines is 2. The van der Waals surface area contributed by atoms with Gasteiger partial charge in [-0.3, -0.25) is 14.6 Å². The number of halogens is 5. The van der Waals surface area contributed by atoms with Crippen molar-refractivity contribution < 1.29 is 36.3 Å². The molecule has 2 heterocycles. The van der Waals surface area contributed by atoms with Crippen molar-refractivity contribution in [3.63, 3.8) is 0 Å². The fraction of sp³-hybridized carbons (Fsp3) is 0.333. The van der Waals surface area contributed by atoms with Gasteiger partial charge in [0.2, 0.25) is 0 Å². The van der Waals surface area contributed by atoms with E-state index in [-0.39, 0.29) is 12.0 Å². The number of pyridine rings is 2. The first-order chi connectivity index (χ1) is 22.1. The van der Waals surface area contributed by atoms with E-state index in [1.807, 2.05) is 31.2 Å². The van der Waals surface area contributed by atoms with Gasteiger partial charge in [0.15, 0.2) is 0 Å². The number of aryl methyl sites for hydroxylation is 1.